The number of halogens is 1. The number of hydrogen-bond acceptors (Lipinski definition) is 3. The van der Waals surface area contributed by atoms with Gasteiger partial charge >= 0.3 is 0 Å². The molecule has 1 heterocycles. The Morgan fingerprint density at radius 1 is 1.29 bits per heavy atom. The second kappa shape index (κ2) is 8.64. The maximum atomic E-state index is 12.0. The summed E-state index contributed by atoms with van der Waals surface area (Å²) in [4.78, 5) is 25.4. The first-order valence-electron chi connectivity index (χ1n) is 6.99. The van der Waals surface area contributed by atoms with Crippen LogP contribution in [0.5, 0.6) is 0 Å². The largest absolute Gasteiger partial charge is 0.347 e. The zero-order valence-electron chi connectivity index (χ0n) is 12.0. The summed E-state index contributed by atoms with van der Waals surface area (Å²) < 4.78 is 0. The molecule has 1 fully saturated rings. The molecule has 0 saturated carbocycles. The summed E-state index contributed by atoms with van der Waals surface area (Å²) in [5, 5.41) is 2.67. The predicted octanol–water partition coefficient (Wildman–Crippen LogP) is 0.717. The van der Waals surface area contributed by atoms with Crippen molar-refractivity contribution in [3.05, 3.63) is 35.9 Å². The Hall–Kier alpha value is -1.59. The summed E-state index contributed by atoms with van der Waals surface area (Å²) in [6, 6.07) is 9.54. The van der Waals surface area contributed by atoms with Gasteiger partial charge in [-0.1, -0.05) is 30.3 Å². The van der Waals surface area contributed by atoms with Crippen LogP contribution in [0.25, 0.3) is 0 Å². The maximum absolute atomic E-state index is 12.0. The lowest BCUT2D eigenvalue weighted by Gasteiger charge is -2.30. The third-order valence-electron chi connectivity index (χ3n) is 3.45. The molecule has 0 bridgehead atoms. The molecular formula is C15H22ClN3O2. The van der Waals surface area contributed by atoms with E-state index in [-0.39, 0.29) is 36.8 Å². The maximum Gasteiger partial charge on any atom is 0.242 e. The van der Waals surface area contributed by atoms with Crippen molar-refractivity contribution < 1.29 is 9.59 Å². The van der Waals surface area contributed by atoms with Crippen molar-refractivity contribution in [2.45, 2.75) is 25.3 Å². The molecule has 3 N–H and O–H groups in total. The van der Waals surface area contributed by atoms with Crippen molar-refractivity contribution in [1.82, 2.24) is 10.2 Å². The molecule has 1 aromatic carbocycles. The number of likely N-dealkylation sites (tertiary alicyclic amines) is 1. The van der Waals surface area contributed by atoms with E-state index in [9.17, 15) is 9.59 Å². The Kier molecular flexibility index (Phi) is 7.19. The van der Waals surface area contributed by atoms with Gasteiger partial charge in [-0.15, -0.1) is 12.4 Å². The number of amides is 2. The third-order valence-corrected chi connectivity index (χ3v) is 3.45. The SMILES string of the molecule is Cl.NC1CCCN(C(=O)CNC(=O)Cc2ccccc2)C1. The molecule has 1 aromatic rings. The van der Waals surface area contributed by atoms with Crippen LogP contribution in [0.4, 0.5) is 0 Å². The first-order valence-corrected chi connectivity index (χ1v) is 6.99. The summed E-state index contributed by atoms with van der Waals surface area (Å²) in [6.45, 7) is 1.38. The zero-order valence-corrected chi connectivity index (χ0v) is 12.8. The van der Waals surface area contributed by atoms with E-state index in [0.717, 1.165) is 24.9 Å². The highest BCUT2D eigenvalue weighted by atomic mass is 35.5. The van der Waals surface area contributed by atoms with Gasteiger partial charge in [0.2, 0.25) is 11.8 Å². The molecule has 2 amide bonds. The van der Waals surface area contributed by atoms with E-state index in [2.05, 4.69) is 5.32 Å². The number of carbonyl (C=O) groups excluding carboxylic acids is 2. The molecule has 5 nitrogen and oxygen atoms in total. The average molecular weight is 312 g/mol. The van der Waals surface area contributed by atoms with Gasteiger partial charge in [0.1, 0.15) is 0 Å². The summed E-state index contributed by atoms with van der Waals surface area (Å²) in [5.74, 6) is -0.188. The van der Waals surface area contributed by atoms with E-state index in [4.69, 9.17) is 5.73 Å². The van der Waals surface area contributed by atoms with Gasteiger partial charge in [-0.25, -0.2) is 0 Å². The molecule has 1 aliphatic heterocycles. The van der Waals surface area contributed by atoms with E-state index < -0.39 is 0 Å². The Morgan fingerprint density at radius 2 is 2.00 bits per heavy atom. The average Bonchev–Trinajstić information content (AvgIpc) is 2.46. The van der Waals surface area contributed by atoms with Gasteiger partial charge in [-0.05, 0) is 18.4 Å². The Labute approximate surface area is 131 Å². The molecule has 0 radical (unpaired) electrons. The van der Waals surface area contributed by atoms with Crippen LogP contribution in [0.1, 0.15) is 18.4 Å². The van der Waals surface area contributed by atoms with Crippen LogP contribution in [-0.2, 0) is 16.0 Å². The van der Waals surface area contributed by atoms with Crippen molar-refractivity contribution in [1.29, 1.82) is 0 Å². The van der Waals surface area contributed by atoms with E-state index >= 15 is 0 Å². The van der Waals surface area contributed by atoms with Gasteiger partial charge in [0.05, 0.1) is 13.0 Å². The fourth-order valence-corrected chi connectivity index (χ4v) is 2.37. The van der Waals surface area contributed by atoms with Crippen LogP contribution in [0.15, 0.2) is 30.3 Å². The van der Waals surface area contributed by atoms with E-state index in [1.165, 1.54) is 0 Å². The lowest BCUT2D eigenvalue weighted by atomic mass is 10.1. The standard InChI is InChI=1S/C15H21N3O2.ClH/c16-13-7-4-8-18(11-13)15(20)10-17-14(19)9-12-5-2-1-3-6-12;/h1-3,5-6,13H,4,7-11,16H2,(H,17,19);1H. The van der Waals surface area contributed by atoms with Gasteiger partial charge in [-0.2, -0.15) is 0 Å². The molecule has 2 rings (SSSR count). The molecule has 1 unspecified atom stereocenters. The second-order valence-electron chi connectivity index (χ2n) is 5.18. The Bertz CT molecular complexity index is 467. The van der Waals surface area contributed by atoms with Crippen LogP contribution in [0.2, 0.25) is 0 Å². The van der Waals surface area contributed by atoms with Crippen molar-refractivity contribution >= 4 is 24.2 Å². The van der Waals surface area contributed by atoms with Gasteiger partial charge in [-0.3, -0.25) is 9.59 Å². The minimum absolute atomic E-state index is 0. The van der Waals surface area contributed by atoms with E-state index in [1.807, 2.05) is 30.3 Å². The second-order valence-corrected chi connectivity index (χ2v) is 5.18. The lowest BCUT2D eigenvalue weighted by molar-refractivity contribution is -0.133. The van der Waals surface area contributed by atoms with Crippen molar-refractivity contribution in [3.63, 3.8) is 0 Å². The van der Waals surface area contributed by atoms with Crippen molar-refractivity contribution in [2.24, 2.45) is 5.73 Å². The first-order chi connectivity index (χ1) is 9.65. The third kappa shape index (κ3) is 5.73. The zero-order chi connectivity index (χ0) is 14.4. The molecular weight excluding hydrogens is 290 g/mol. The Morgan fingerprint density at radius 3 is 2.67 bits per heavy atom. The van der Waals surface area contributed by atoms with Crippen LogP contribution in [-0.4, -0.2) is 42.4 Å². The molecule has 1 aliphatic rings. The predicted molar refractivity (Wildman–Crippen MR) is 84.2 cm³/mol. The lowest BCUT2D eigenvalue weighted by Crippen LogP contribution is -2.49. The van der Waals surface area contributed by atoms with Gasteiger partial charge in [0, 0.05) is 19.1 Å². The molecule has 0 spiro atoms. The smallest absolute Gasteiger partial charge is 0.242 e. The number of nitrogens with one attached hydrogen (secondary N) is 1. The fraction of sp³-hybridized carbons (Fsp3) is 0.467. The van der Waals surface area contributed by atoms with Crippen LogP contribution < -0.4 is 11.1 Å². The molecule has 21 heavy (non-hydrogen) atoms. The fourth-order valence-electron chi connectivity index (χ4n) is 2.37. The number of nitrogens with two attached hydrogens (primary N) is 1. The number of benzene rings is 1. The number of rotatable bonds is 4. The molecule has 1 atom stereocenters. The van der Waals surface area contributed by atoms with E-state index in [1.54, 1.807) is 4.90 Å². The summed E-state index contributed by atoms with van der Waals surface area (Å²) in [7, 11) is 0. The molecule has 1 saturated heterocycles. The van der Waals surface area contributed by atoms with Gasteiger partial charge in [0.25, 0.3) is 0 Å². The summed E-state index contributed by atoms with van der Waals surface area (Å²) in [6.07, 6.45) is 2.20. The number of hydrogen-bond donors (Lipinski definition) is 2. The van der Waals surface area contributed by atoms with Crippen LogP contribution in [0, 0.1) is 0 Å². The van der Waals surface area contributed by atoms with E-state index in [0.29, 0.717) is 13.0 Å². The molecule has 0 aromatic heterocycles. The van der Waals surface area contributed by atoms with Crippen molar-refractivity contribution in [3.8, 4) is 0 Å². The number of piperidine rings is 1. The quantitative estimate of drug-likeness (QED) is 0.860. The monoisotopic (exact) mass is 311 g/mol. The summed E-state index contributed by atoms with van der Waals surface area (Å²) >= 11 is 0. The number of carbonyl (C=O) groups is 2. The highest BCUT2D eigenvalue weighted by Crippen LogP contribution is 2.07. The Balaban J connectivity index is 0.00000220. The molecule has 6 heteroatoms. The van der Waals surface area contributed by atoms with Crippen LogP contribution >= 0.6 is 12.4 Å². The van der Waals surface area contributed by atoms with Gasteiger partial charge in [0.15, 0.2) is 0 Å². The van der Waals surface area contributed by atoms with Crippen molar-refractivity contribution in [2.75, 3.05) is 19.6 Å². The topological polar surface area (TPSA) is 75.4 Å². The van der Waals surface area contributed by atoms with Crippen LogP contribution in [0.3, 0.4) is 0 Å². The summed E-state index contributed by atoms with van der Waals surface area (Å²) in [5.41, 5.74) is 6.78. The number of nitrogens with zero attached hydrogens (tertiary/aromatic N) is 1. The van der Waals surface area contributed by atoms with Gasteiger partial charge < -0.3 is 16.0 Å². The normalized spacial score (nSPS) is 17.8. The minimum atomic E-state index is -0.133. The first kappa shape index (κ1) is 17.5. The minimum Gasteiger partial charge on any atom is -0.347 e. The molecule has 116 valence electrons. The molecule has 0 aliphatic carbocycles. The highest BCUT2D eigenvalue weighted by molar-refractivity contribution is 5.86. The highest BCUT2D eigenvalue weighted by Gasteiger charge is 2.21.